The van der Waals surface area contributed by atoms with Crippen LogP contribution in [0, 0.1) is 6.92 Å². The van der Waals surface area contributed by atoms with Gasteiger partial charge in [-0.2, -0.15) is 0 Å². The average molecular weight is 705 g/mol. The third-order valence-electron chi connectivity index (χ3n) is 10.7. The van der Waals surface area contributed by atoms with Crippen LogP contribution in [0.2, 0.25) is 28.2 Å². The first-order valence-electron chi connectivity index (χ1n) is 17.5. The first-order chi connectivity index (χ1) is 21.8. The summed E-state index contributed by atoms with van der Waals surface area (Å²) >= 11 is 0. The third-order valence-corrected chi connectivity index (χ3v) is 23.0. The molecular formula is C37H60O7SSi2. The van der Waals surface area contributed by atoms with E-state index in [0.29, 0.717) is 26.2 Å². The molecule has 0 aromatic heterocycles. The summed E-state index contributed by atoms with van der Waals surface area (Å²) in [5, 5.41) is -0.545. The van der Waals surface area contributed by atoms with Crippen molar-refractivity contribution in [3.05, 3.63) is 65.7 Å². The Labute approximate surface area is 287 Å². The molecule has 2 aliphatic heterocycles. The topological polar surface area (TPSA) is 83.6 Å². The Kier molecular flexibility index (Phi) is 11.5. The van der Waals surface area contributed by atoms with Crippen LogP contribution < -0.4 is 0 Å². The fraction of sp³-hybridized carbons (Fsp3) is 0.676. The van der Waals surface area contributed by atoms with Gasteiger partial charge in [0, 0.05) is 29.5 Å². The van der Waals surface area contributed by atoms with E-state index in [1.54, 1.807) is 12.1 Å². The van der Waals surface area contributed by atoms with Crippen molar-refractivity contribution in [3.63, 3.8) is 0 Å². The lowest BCUT2D eigenvalue weighted by Gasteiger charge is -2.55. The number of benzene rings is 2. The molecule has 0 bridgehead atoms. The van der Waals surface area contributed by atoms with Crippen LogP contribution in [0.3, 0.4) is 0 Å². The van der Waals surface area contributed by atoms with Crippen LogP contribution in [0.4, 0.5) is 0 Å². The Morgan fingerprint density at radius 2 is 1.49 bits per heavy atom. The number of aryl methyl sites for hydroxylation is 1. The van der Waals surface area contributed by atoms with E-state index in [-0.39, 0.29) is 27.5 Å². The van der Waals surface area contributed by atoms with Gasteiger partial charge in [0.1, 0.15) is 5.60 Å². The van der Waals surface area contributed by atoms with Crippen molar-refractivity contribution in [2.75, 3.05) is 13.2 Å². The molecule has 0 amide bonds. The minimum Gasteiger partial charge on any atom is -0.409 e. The summed E-state index contributed by atoms with van der Waals surface area (Å²) in [6, 6.07) is 20.0. The van der Waals surface area contributed by atoms with E-state index in [2.05, 4.69) is 62.3 Å². The van der Waals surface area contributed by atoms with Gasteiger partial charge in [0.2, 0.25) is 14.8 Å². The van der Waals surface area contributed by atoms with Crippen molar-refractivity contribution in [1.82, 2.24) is 0 Å². The molecule has 2 fully saturated rings. The van der Waals surface area contributed by atoms with Crippen LogP contribution in [-0.4, -0.2) is 61.3 Å². The molecule has 2 aromatic rings. The van der Waals surface area contributed by atoms with Gasteiger partial charge in [0.25, 0.3) is 0 Å². The lowest BCUT2D eigenvalue weighted by atomic mass is 9.97. The van der Waals surface area contributed by atoms with Gasteiger partial charge in [-0.25, -0.2) is 8.42 Å². The quantitative estimate of drug-likeness (QED) is 0.110. The molecular weight excluding hydrogens is 645 g/mol. The summed E-state index contributed by atoms with van der Waals surface area (Å²) in [5.74, 6) is 0. The molecule has 0 N–H and O–H groups in total. The predicted molar refractivity (Wildman–Crippen MR) is 194 cm³/mol. The summed E-state index contributed by atoms with van der Waals surface area (Å²) in [4.78, 5) is -1.24. The Bertz CT molecular complexity index is 1410. The molecule has 0 unspecified atom stereocenters. The van der Waals surface area contributed by atoms with E-state index in [0.717, 1.165) is 29.3 Å². The average Bonchev–Trinajstić information content (AvgIpc) is 3.63. The van der Waals surface area contributed by atoms with E-state index in [1.165, 1.54) is 0 Å². The maximum absolute atomic E-state index is 14.8. The van der Waals surface area contributed by atoms with Crippen LogP contribution in [0.25, 0.3) is 0 Å². The van der Waals surface area contributed by atoms with Gasteiger partial charge in [-0.3, -0.25) is 0 Å². The van der Waals surface area contributed by atoms with Crippen molar-refractivity contribution in [2.24, 2.45) is 0 Å². The SMILES string of the molecule is CC[Si](CC)(CC)O[C@H]1CO[Si](C(C)(C)C)(C(C)(C)C)O[C@@H]1C[C@]1(S(=O)(=O)c2ccc(C)cc2)O[C@@]1(C)CCOCc1ccccc1. The zero-order valence-corrected chi connectivity index (χ0v) is 33.6. The van der Waals surface area contributed by atoms with E-state index in [1.807, 2.05) is 56.3 Å². The maximum atomic E-state index is 14.8. The molecule has 0 aliphatic carbocycles. The lowest BCUT2D eigenvalue weighted by Crippen LogP contribution is -2.66. The zero-order chi connectivity index (χ0) is 34.9. The normalized spacial score (nSPS) is 26.7. The molecule has 264 valence electrons. The molecule has 10 heteroatoms. The second kappa shape index (κ2) is 14.1. The van der Waals surface area contributed by atoms with Gasteiger partial charge in [0.15, 0.2) is 8.32 Å². The highest BCUT2D eigenvalue weighted by Crippen LogP contribution is 2.61. The van der Waals surface area contributed by atoms with Crippen LogP contribution in [0.15, 0.2) is 59.5 Å². The molecule has 2 aliphatic rings. The second-order valence-corrected chi connectivity index (χ2v) is 27.5. The van der Waals surface area contributed by atoms with Crippen LogP contribution in [-0.2, 0) is 39.2 Å². The van der Waals surface area contributed by atoms with Crippen molar-refractivity contribution < 1.29 is 31.2 Å². The molecule has 4 atom stereocenters. The number of epoxide rings is 1. The van der Waals surface area contributed by atoms with Gasteiger partial charge >= 0.3 is 8.56 Å². The maximum Gasteiger partial charge on any atom is 0.349 e. The lowest BCUT2D eigenvalue weighted by molar-refractivity contribution is -0.0741. The Hall–Kier alpha value is -1.38. The first kappa shape index (κ1) is 38.4. The van der Waals surface area contributed by atoms with Gasteiger partial charge in [-0.1, -0.05) is 110 Å². The largest absolute Gasteiger partial charge is 0.409 e. The fourth-order valence-corrected chi connectivity index (χ4v) is 17.7. The van der Waals surface area contributed by atoms with Crippen LogP contribution in [0.5, 0.6) is 0 Å². The molecule has 0 saturated carbocycles. The van der Waals surface area contributed by atoms with Gasteiger partial charge in [0.05, 0.1) is 30.3 Å². The van der Waals surface area contributed by atoms with Crippen LogP contribution in [0.1, 0.15) is 93.2 Å². The van der Waals surface area contributed by atoms with Gasteiger partial charge < -0.3 is 22.8 Å². The number of hydrogen-bond acceptors (Lipinski definition) is 7. The molecule has 0 radical (unpaired) electrons. The molecule has 2 heterocycles. The zero-order valence-electron chi connectivity index (χ0n) is 30.8. The Morgan fingerprint density at radius 1 is 0.915 bits per heavy atom. The molecule has 2 saturated heterocycles. The first-order valence-corrected chi connectivity index (χ1v) is 23.3. The van der Waals surface area contributed by atoms with Crippen molar-refractivity contribution >= 4 is 26.7 Å². The highest BCUT2D eigenvalue weighted by atomic mass is 32.2. The van der Waals surface area contributed by atoms with Crippen molar-refractivity contribution in [3.8, 4) is 0 Å². The van der Waals surface area contributed by atoms with E-state index in [4.69, 9.17) is 22.8 Å². The molecule has 0 spiro atoms. The summed E-state index contributed by atoms with van der Waals surface area (Å²) in [6.45, 7) is 24.8. The minimum absolute atomic E-state index is 0.162. The van der Waals surface area contributed by atoms with E-state index in [9.17, 15) is 8.42 Å². The monoisotopic (exact) mass is 704 g/mol. The van der Waals surface area contributed by atoms with Crippen molar-refractivity contribution in [1.29, 1.82) is 0 Å². The van der Waals surface area contributed by atoms with Crippen LogP contribution >= 0.6 is 0 Å². The summed E-state index contributed by atoms with van der Waals surface area (Å²) < 4.78 is 63.6. The fourth-order valence-electron chi connectivity index (χ4n) is 7.64. The standard InChI is InChI=1S/C37H60O7SSi2/c1-12-46(13-2,14-3)42-33-28-41-47(34(5,6)7,35(8,9)10)43-32(33)26-37(45(38,39)31-22-20-29(4)21-23-31)36(11,44-37)24-25-40-27-30-18-16-15-17-19-30/h15-23,32-33H,12-14,24-28H2,1-11H3/t32-,33+,36+,37-/m1/s1. The second-order valence-electron chi connectivity index (χ2n) is 15.9. The Balaban J connectivity index is 1.75. The van der Waals surface area contributed by atoms with Gasteiger partial charge in [-0.15, -0.1) is 0 Å². The summed E-state index contributed by atoms with van der Waals surface area (Å²) in [6.07, 6.45) is -0.315. The molecule has 47 heavy (non-hydrogen) atoms. The Morgan fingerprint density at radius 3 is 2.02 bits per heavy atom. The number of hydrogen-bond donors (Lipinski definition) is 0. The number of rotatable bonds is 14. The van der Waals surface area contributed by atoms with E-state index >= 15 is 0 Å². The molecule has 7 nitrogen and oxygen atoms in total. The smallest absolute Gasteiger partial charge is 0.349 e. The molecule has 4 rings (SSSR count). The third kappa shape index (κ3) is 7.41. The highest BCUT2D eigenvalue weighted by Gasteiger charge is 2.76. The summed E-state index contributed by atoms with van der Waals surface area (Å²) in [7, 11) is -9.03. The minimum atomic E-state index is -3.96. The van der Waals surface area contributed by atoms with E-state index < -0.39 is 43.4 Å². The number of ether oxygens (including phenoxy) is 2. The number of sulfone groups is 1. The van der Waals surface area contributed by atoms with Gasteiger partial charge in [-0.05, 0) is 49.7 Å². The highest BCUT2D eigenvalue weighted by molar-refractivity contribution is 7.93. The predicted octanol–water partition coefficient (Wildman–Crippen LogP) is 9.10. The molecule has 2 aromatic carbocycles. The summed E-state index contributed by atoms with van der Waals surface area (Å²) in [5.41, 5.74) is 1.10. The van der Waals surface area contributed by atoms with Crippen molar-refractivity contribution in [2.45, 2.75) is 151 Å².